The van der Waals surface area contributed by atoms with E-state index >= 15 is 0 Å². The highest BCUT2D eigenvalue weighted by Crippen LogP contribution is 2.52. The van der Waals surface area contributed by atoms with Gasteiger partial charge in [0.15, 0.2) is 0 Å². The van der Waals surface area contributed by atoms with Gasteiger partial charge in [0, 0.05) is 0 Å². The highest BCUT2D eigenvalue weighted by Gasteiger charge is 2.23. The van der Waals surface area contributed by atoms with E-state index in [-0.39, 0.29) is 0 Å². The molecule has 0 heterocycles. The van der Waals surface area contributed by atoms with Gasteiger partial charge in [-0.05, 0) is 86.2 Å². The molecule has 0 unspecified atom stereocenters. The van der Waals surface area contributed by atoms with Crippen LogP contribution in [0.25, 0.3) is 86.2 Å². The first kappa shape index (κ1) is 14.1. The Kier molecular flexibility index (Phi) is 2.04. The average molecular weight is 374 g/mol. The lowest BCUT2D eigenvalue weighted by Crippen LogP contribution is -1.93. The van der Waals surface area contributed by atoms with Crippen molar-refractivity contribution in [2.75, 3.05) is 0 Å². The molecule has 0 bridgehead atoms. The van der Waals surface area contributed by atoms with Crippen LogP contribution in [0.4, 0.5) is 0 Å². The number of hydrogen-bond acceptors (Lipinski definition) is 0. The first-order chi connectivity index (χ1) is 14.9. The summed E-state index contributed by atoms with van der Waals surface area (Å²) in [7, 11) is 0. The topological polar surface area (TPSA) is 0 Å². The molecule has 0 saturated carbocycles. The van der Waals surface area contributed by atoms with E-state index in [1.54, 1.807) is 0 Å². The van der Waals surface area contributed by atoms with E-state index in [0.717, 1.165) is 0 Å². The summed E-state index contributed by atoms with van der Waals surface area (Å²) in [6, 6.07) is 32.2. The van der Waals surface area contributed by atoms with Gasteiger partial charge in [-0.25, -0.2) is 0 Å². The van der Waals surface area contributed by atoms with Crippen LogP contribution in [0.15, 0.2) is 84.9 Å². The van der Waals surface area contributed by atoms with E-state index in [2.05, 4.69) is 84.9 Å². The van der Waals surface area contributed by atoms with Gasteiger partial charge in [-0.1, -0.05) is 84.9 Å². The second-order valence-electron chi connectivity index (χ2n) is 8.85. The number of hydrogen-bond donors (Lipinski definition) is 0. The molecule has 0 N–H and O–H groups in total. The zero-order valence-corrected chi connectivity index (χ0v) is 16.1. The smallest absolute Gasteiger partial charge is 0.000740 e. The maximum absolute atomic E-state index is 2.34. The van der Waals surface area contributed by atoms with Crippen LogP contribution in [-0.2, 0) is 0 Å². The highest BCUT2D eigenvalue weighted by molar-refractivity contribution is 6.50. The number of fused-ring (bicyclic) bond motifs is 6. The molecular weight excluding hydrogens is 360 g/mol. The summed E-state index contributed by atoms with van der Waals surface area (Å²) in [6.45, 7) is 0. The second-order valence-corrected chi connectivity index (χ2v) is 8.85. The average Bonchev–Trinajstić information content (AvgIpc) is 3.47. The molecule has 0 spiro atoms. The molecule has 0 heteroatoms. The van der Waals surface area contributed by atoms with E-state index in [0.29, 0.717) is 0 Å². The Morgan fingerprint density at radius 1 is 0.233 bits per heavy atom. The van der Waals surface area contributed by atoms with Gasteiger partial charge in [0.1, 0.15) is 0 Å². The summed E-state index contributed by atoms with van der Waals surface area (Å²) >= 11 is 0. The molecule has 9 aromatic carbocycles. The van der Waals surface area contributed by atoms with Crippen LogP contribution in [0.2, 0.25) is 0 Å². The summed E-state index contributed by atoms with van der Waals surface area (Å²) in [5.74, 6) is 0. The van der Waals surface area contributed by atoms with Gasteiger partial charge >= 0.3 is 0 Å². The molecule has 0 aliphatic heterocycles. The molecule has 0 atom stereocenters. The molecular formula is C30H14. The highest BCUT2D eigenvalue weighted by atomic mass is 14.3. The lowest BCUT2D eigenvalue weighted by atomic mass is 9.80. The Bertz CT molecular complexity index is 1800. The van der Waals surface area contributed by atoms with Crippen LogP contribution in [0.5, 0.6) is 0 Å². The molecule has 0 radical (unpaired) electrons. The summed E-state index contributed by atoms with van der Waals surface area (Å²) in [5, 5.41) is 22.4. The van der Waals surface area contributed by atoms with Gasteiger partial charge in [0.05, 0.1) is 0 Å². The van der Waals surface area contributed by atoms with Crippen LogP contribution >= 0.6 is 0 Å². The van der Waals surface area contributed by atoms with Gasteiger partial charge in [0.2, 0.25) is 0 Å². The van der Waals surface area contributed by atoms with Crippen molar-refractivity contribution in [1.29, 1.82) is 0 Å². The summed E-state index contributed by atoms with van der Waals surface area (Å²) in [4.78, 5) is 0. The summed E-state index contributed by atoms with van der Waals surface area (Å²) in [6.07, 6.45) is 0. The standard InChI is InChI=1S/C30H14/c1-3-17-18(4-1)22-12-8-16-10-14-24-20-6-2-5-19(20)23-13-9-15-7-11-21(17)27-25(15)29(23)30(24)26(16)28(22)27/h1-14H. The van der Waals surface area contributed by atoms with Crippen molar-refractivity contribution < 1.29 is 0 Å². The maximum Gasteiger partial charge on any atom is -0.000740 e. The van der Waals surface area contributed by atoms with Crippen LogP contribution in [-0.4, -0.2) is 0 Å². The molecule has 0 nitrogen and oxygen atoms in total. The number of benzene rings is 7. The Hall–Kier alpha value is -3.90. The van der Waals surface area contributed by atoms with E-state index in [4.69, 9.17) is 0 Å². The minimum Gasteiger partial charge on any atom is -0.0610 e. The second kappa shape index (κ2) is 4.32. The van der Waals surface area contributed by atoms with Gasteiger partial charge in [-0.15, -0.1) is 0 Å². The molecule has 0 saturated heterocycles. The predicted molar refractivity (Wildman–Crippen MR) is 131 cm³/mol. The third-order valence-corrected chi connectivity index (χ3v) is 7.67. The van der Waals surface area contributed by atoms with Crippen molar-refractivity contribution in [2.45, 2.75) is 0 Å². The Labute approximate surface area is 171 Å². The van der Waals surface area contributed by atoms with Crippen LogP contribution < -0.4 is 0 Å². The van der Waals surface area contributed by atoms with Crippen LogP contribution in [0.1, 0.15) is 0 Å². The lowest BCUT2D eigenvalue weighted by molar-refractivity contribution is 1.86. The van der Waals surface area contributed by atoms with Gasteiger partial charge < -0.3 is 0 Å². The Morgan fingerprint density at radius 3 is 0.833 bits per heavy atom. The minimum absolute atomic E-state index is 1.35. The molecule has 9 aromatic rings. The van der Waals surface area contributed by atoms with Crippen molar-refractivity contribution in [3.63, 3.8) is 0 Å². The third kappa shape index (κ3) is 1.28. The molecule has 134 valence electrons. The minimum atomic E-state index is 1.35. The largest absolute Gasteiger partial charge is 0.0610 e. The molecule has 0 aliphatic rings. The fourth-order valence-corrected chi connectivity index (χ4v) is 6.55. The van der Waals surface area contributed by atoms with Crippen molar-refractivity contribution in [3.8, 4) is 0 Å². The predicted octanol–water partition coefficient (Wildman–Crippen LogP) is 8.66. The van der Waals surface area contributed by atoms with E-state index in [9.17, 15) is 0 Å². The van der Waals surface area contributed by atoms with Gasteiger partial charge in [-0.3, -0.25) is 0 Å². The Balaban J connectivity index is 1.87. The van der Waals surface area contributed by atoms with Crippen LogP contribution in [0, 0.1) is 0 Å². The first-order valence-electron chi connectivity index (χ1n) is 10.6. The van der Waals surface area contributed by atoms with E-state index in [1.165, 1.54) is 86.2 Å². The fourth-order valence-electron chi connectivity index (χ4n) is 6.55. The Morgan fingerprint density at radius 2 is 0.533 bits per heavy atom. The van der Waals surface area contributed by atoms with Crippen molar-refractivity contribution in [1.82, 2.24) is 0 Å². The fraction of sp³-hybridized carbons (Fsp3) is 0. The monoisotopic (exact) mass is 374 g/mol. The zero-order valence-electron chi connectivity index (χ0n) is 16.1. The van der Waals surface area contributed by atoms with Crippen LogP contribution in [0.3, 0.4) is 0 Å². The third-order valence-electron chi connectivity index (χ3n) is 7.67. The molecule has 0 aromatic heterocycles. The molecule has 0 fully saturated rings. The van der Waals surface area contributed by atoms with E-state index in [1.807, 2.05) is 0 Å². The maximum atomic E-state index is 2.34. The lowest BCUT2D eigenvalue weighted by Gasteiger charge is -2.22. The quantitative estimate of drug-likeness (QED) is 0.184. The van der Waals surface area contributed by atoms with Crippen molar-refractivity contribution in [3.05, 3.63) is 84.9 Å². The molecule has 30 heavy (non-hydrogen) atoms. The number of rotatable bonds is 0. The summed E-state index contributed by atoms with van der Waals surface area (Å²) < 4.78 is 0. The summed E-state index contributed by atoms with van der Waals surface area (Å²) in [5.41, 5.74) is 0. The molecule has 0 aliphatic carbocycles. The van der Waals surface area contributed by atoms with E-state index < -0.39 is 0 Å². The normalized spacial score (nSPS) is 13.3. The van der Waals surface area contributed by atoms with Crippen molar-refractivity contribution in [2.24, 2.45) is 0 Å². The molecule has 9 rings (SSSR count). The van der Waals surface area contributed by atoms with Gasteiger partial charge in [-0.2, -0.15) is 0 Å². The first-order valence-corrected chi connectivity index (χ1v) is 10.6. The van der Waals surface area contributed by atoms with Gasteiger partial charge in [0.25, 0.3) is 0 Å². The molecule has 0 amide bonds. The zero-order chi connectivity index (χ0) is 19.1. The van der Waals surface area contributed by atoms with Crippen molar-refractivity contribution >= 4 is 86.2 Å². The SMILES string of the molecule is c1cc2c(c1)c1ccc3ccc4c5cccc5c5ccc6ccc2c2c6c5c4c3c12.